The SMILES string of the molecule is CCNC(Cc1ccccc1)C1=CCCC1. The summed E-state index contributed by atoms with van der Waals surface area (Å²) in [6, 6.07) is 11.3. The molecule has 0 bridgehead atoms. The maximum absolute atomic E-state index is 3.60. The fourth-order valence-electron chi connectivity index (χ4n) is 2.44. The number of rotatable bonds is 5. The van der Waals surface area contributed by atoms with Gasteiger partial charge in [0.2, 0.25) is 0 Å². The van der Waals surface area contributed by atoms with Crippen LogP contribution in [0, 0.1) is 0 Å². The highest BCUT2D eigenvalue weighted by Crippen LogP contribution is 2.22. The van der Waals surface area contributed by atoms with Crippen molar-refractivity contribution in [1.82, 2.24) is 5.32 Å². The van der Waals surface area contributed by atoms with Gasteiger partial charge in [0, 0.05) is 6.04 Å². The van der Waals surface area contributed by atoms with E-state index in [0.29, 0.717) is 6.04 Å². The van der Waals surface area contributed by atoms with Crippen LogP contribution >= 0.6 is 0 Å². The fraction of sp³-hybridized carbons (Fsp3) is 0.467. The highest BCUT2D eigenvalue weighted by atomic mass is 14.9. The molecule has 0 saturated carbocycles. The molecule has 0 spiro atoms. The van der Waals surface area contributed by atoms with E-state index in [4.69, 9.17) is 0 Å². The van der Waals surface area contributed by atoms with Crippen molar-refractivity contribution in [2.75, 3.05) is 6.54 Å². The highest BCUT2D eigenvalue weighted by Gasteiger charge is 2.16. The first-order chi connectivity index (χ1) is 7.90. The average Bonchev–Trinajstić information content (AvgIpc) is 2.83. The van der Waals surface area contributed by atoms with Crippen LogP contribution < -0.4 is 5.32 Å². The molecular weight excluding hydrogens is 194 g/mol. The molecule has 1 aromatic rings. The molecule has 1 aliphatic rings. The minimum atomic E-state index is 0.551. The topological polar surface area (TPSA) is 12.0 Å². The van der Waals surface area contributed by atoms with Crippen molar-refractivity contribution < 1.29 is 0 Å². The maximum Gasteiger partial charge on any atom is 0.0319 e. The van der Waals surface area contributed by atoms with E-state index in [-0.39, 0.29) is 0 Å². The molecule has 0 aromatic heterocycles. The summed E-state index contributed by atoms with van der Waals surface area (Å²) in [6.45, 7) is 3.24. The Kier molecular flexibility index (Phi) is 4.17. The zero-order valence-electron chi connectivity index (χ0n) is 10.1. The number of benzene rings is 1. The molecule has 0 aliphatic heterocycles. The van der Waals surface area contributed by atoms with Gasteiger partial charge in [0.1, 0.15) is 0 Å². The minimum absolute atomic E-state index is 0.551. The zero-order valence-corrected chi connectivity index (χ0v) is 10.1. The van der Waals surface area contributed by atoms with Crippen LogP contribution in [0.1, 0.15) is 31.7 Å². The van der Waals surface area contributed by atoms with Crippen molar-refractivity contribution in [3.63, 3.8) is 0 Å². The summed E-state index contributed by atoms with van der Waals surface area (Å²) in [6.07, 6.45) is 7.44. The molecule has 1 N–H and O–H groups in total. The Morgan fingerprint density at radius 3 is 2.69 bits per heavy atom. The molecule has 1 aromatic carbocycles. The van der Waals surface area contributed by atoms with Crippen molar-refractivity contribution in [2.24, 2.45) is 0 Å². The molecule has 1 unspecified atom stereocenters. The van der Waals surface area contributed by atoms with E-state index in [9.17, 15) is 0 Å². The Morgan fingerprint density at radius 2 is 2.06 bits per heavy atom. The predicted octanol–water partition coefficient (Wildman–Crippen LogP) is 3.32. The lowest BCUT2D eigenvalue weighted by atomic mass is 9.98. The molecule has 16 heavy (non-hydrogen) atoms. The molecular formula is C15H21N. The summed E-state index contributed by atoms with van der Waals surface area (Å²) >= 11 is 0. The van der Waals surface area contributed by atoms with Crippen molar-refractivity contribution in [2.45, 2.75) is 38.6 Å². The highest BCUT2D eigenvalue weighted by molar-refractivity contribution is 5.22. The van der Waals surface area contributed by atoms with E-state index >= 15 is 0 Å². The number of hydrogen-bond acceptors (Lipinski definition) is 1. The van der Waals surface area contributed by atoms with Gasteiger partial charge in [-0.1, -0.05) is 48.9 Å². The second-order valence-corrected chi connectivity index (χ2v) is 4.47. The molecule has 1 aliphatic carbocycles. The molecule has 1 heteroatoms. The lowest BCUT2D eigenvalue weighted by Gasteiger charge is -2.19. The third kappa shape index (κ3) is 2.96. The Bertz CT molecular complexity index is 340. The predicted molar refractivity (Wildman–Crippen MR) is 69.5 cm³/mol. The molecule has 0 heterocycles. The van der Waals surface area contributed by atoms with E-state index in [2.05, 4.69) is 48.6 Å². The van der Waals surface area contributed by atoms with E-state index in [1.165, 1.54) is 24.8 Å². The van der Waals surface area contributed by atoms with E-state index in [1.54, 1.807) is 5.57 Å². The van der Waals surface area contributed by atoms with Gasteiger partial charge >= 0.3 is 0 Å². The van der Waals surface area contributed by atoms with Crippen molar-refractivity contribution in [3.05, 3.63) is 47.5 Å². The van der Waals surface area contributed by atoms with Gasteiger partial charge in [-0.05, 0) is 37.8 Å². The quantitative estimate of drug-likeness (QED) is 0.743. The van der Waals surface area contributed by atoms with Gasteiger partial charge in [-0.25, -0.2) is 0 Å². The molecule has 0 amide bonds. The maximum atomic E-state index is 3.60. The molecule has 0 fully saturated rings. The van der Waals surface area contributed by atoms with Crippen LogP contribution in [0.3, 0.4) is 0 Å². The minimum Gasteiger partial charge on any atom is -0.310 e. The Labute approximate surface area is 98.6 Å². The Hall–Kier alpha value is -1.08. The molecule has 1 nitrogen and oxygen atoms in total. The second kappa shape index (κ2) is 5.86. The van der Waals surface area contributed by atoms with E-state index < -0.39 is 0 Å². The third-order valence-corrected chi connectivity index (χ3v) is 3.26. The summed E-state index contributed by atoms with van der Waals surface area (Å²) in [7, 11) is 0. The van der Waals surface area contributed by atoms with Gasteiger partial charge in [-0.2, -0.15) is 0 Å². The first kappa shape index (κ1) is 11.4. The molecule has 0 radical (unpaired) electrons. The van der Waals surface area contributed by atoms with E-state index in [0.717, 1.165) is 13.0 Å². The summed E-state index contributed by atoms with van der Waals surface area (Å²) in [4.78, 5) is 0. The third-order valence-electron chi connectivity index (χ3n) is 3.26. The van der Waals surface area contributed by atoms with Crippen LogP contribution in [-0.2, 0) is 6.42 Å². The van der Waals surface area contributed by atoms with Crippen molar-refractivity contribution in [3.8, 4) is 0 Å². The van der Waals surface area contributed by atoms with Gasteiger partial charge in [0.25, 0.3) is 0 Å². The number of hydrogen-bond donors (Lipinski definition) is 1. The van der Waals surface area contributed by atoms with Gasteiger partial charge in [-0.15, -0.1) is 0 Å². The van der Waals surface area contributed by atoms with Crippen LogP contribution in [0.4, 0.5) is 0 Å². The first-order valence-electron chi connectivity index (χ1n) is 6.36. The van der Waals surface area contributed by atoms with Crippen molar-refractivity contribution in [1.29, 1.82) is 0 Å². The number of nitrogens with one attached hydrogen (secondary N) is 1. The van der Waals surface area contributed by atoms with Crippen LogP contribution in [0.15, 0.2) is 42.0 Å². The van der Waals surface area contributed by atoms with Gasteiger partial charge in [0.05, 0.1) is 0 Å². The normalized spacial score (nSPS) is 17.2. The van der Waals surface area contributed by atoms with Gasteiger partial charge in [0.15, 0.2) is 0 Å². The van der Waals surface area contributed by atoms with Crippen LogP contribution in [0.25, 0.3) is 0 Å². The first-order valence-corrected chi connectivity index (χ1v) is 6.36. The van der Waals surface area contributed by atoms with Crippen LogP contribution in [0.5, 0.6) is 0 Å². The van der Waals surface area contributed by atoms with Crippen molar-refractivity contribution >= 4 is 0 Å². The molecule has 86 valence electrons. The Balaban J connectivity index is 2.02. The summed E-state index contributed by atoms with van der Waals surface area (Å²) in [5.74, 6) is 0. The molecule has 0 saturated heterocycles. The average molecular weight is 215 g/mol. The van der Waals surface area contributed by atoms with E-state index in [1.807, 2.05) is 0 Å². The summed E-state index contributed by atoms with van der Waals surface area (Å²) in [5.41, 5.74) is 3.05. The standard InChI is InChI=1S/C15H21N/c1-2-16-15(14-10-6-7-11-14)12-13-8-4-3-5-9-13/h3-5,8-10,15-16H,2,6-7,11-12H2,1H3. The number of likely N-dealkylation sites (N-methyl/N-ethyl adjacent to an activating group) is 1. The summed E-state index contributed by atoms with van der Waals surface area (Å²) in [5, 5.41) is 3.60. The number of allylic oxidation sites excluding steroid dienone is 1. The lowest BCUT2D eigenvalue weighted by molar-refractivity contribution is 0.574. The van der Waals surface area contributed by atoms with Gasteiger partial charge in [-0.3, -0.25) is 0 Å². The fourth-order valence-corrected chi connectivity index (χ4v) is 2.44. The van der Waals surface area contributed by atoms with Gasteiger partial charge < -0.3 is 5.32 Å². The molecule has 1 atom stereocenters. The largest absolute Gasteiger partial charge is 0.310 e. The smallest absolute Gasteiger partial charge is 0.0319 e. The monoisotopic (exact) mass is 215 g/mol. The van der Waals surface area contributed by atoms with Crippen LogP contribution in [0.2, 0.25) is 0 Å². The van der Waals surface area contributed by atoms with Crippen LogP contribution in [-0.4, -0.2) is 12.6 Å². The Morgan fingerprint density at radius 1 is 1.25 bits per heavy atom. The lowest BCUT2D eigenvalue weighted by Crippen LogP contribution is -2.32. The second-order valence-electron chi connectivity index (χ2n) is 4.47. The summed E-state index contributed by atoms with van der Waals surface area (Å²) < 4.78 is 0. The zero-order chi connectivity index (χ0) is 11.2. The molecule has 2 rings (SSSR count).